The van der Waals surface area contributed by atoms with Crippen LogP contribution in [0.1, 0.15) is 62.2 Å². The molecule has 1 heterocycles. The van der Waals surface area contributed by atoms with Crippen LogP contribution in [0.5, 0.6) is 0 Å². The molecule has 2 heteroatoms. The van der Waals surface area contributed by atoms with Crippen molar-refractivity contribution in [1.82, 2.24) is 4.90 Å². The van der Waals surface area contributed by atoms with Gasteiger partial charge in [0, 0.05) is 18.0 Å². The lowest BCUT2D eigenvalue weighted by Crippen LogP contribution is -2.45. The number of likely N-dealkylation sites (tertiary alicyclic amines) is 1. The van der Waals surface area contributed by atoms with Crippen molar-refractivity contribution in [2.45, 2.75) is 57.2 Å². The maximum Gasteiger partial charge on any atom is 0.0604 e. The van der Waals surface area contributed by atoms with E-state index in [2.05, 4.69) is 79.5 Å². The Morgan fingerprint density at radius 1 is 0.920 bits per heavy atom. The van der Waals surface area contributed by atoms with Crippen molar-refractivity contribution < 1.29 is 5.11 Å². The Bertz CT molecular complexity index is 627. The van der Waals surface area contributed by atoms with Gasteiger partial charge in [0.15, 0.2) is 0 Å². The van der Waals surface area contributed by atoms with Crippen LogP contribution in [-0.4, -0.2) is 23.2 Å². The number of aliphatic hydroxyl groups is 1. The van der Waals surface area contributed by atoms with Crippen molar-refractivity contribution in [2.75, 3.05) is 7.05 Å². The summed E-state index contributed by atoms with van der Waals surface area (Å²) in [5.41, 5.74) is 2.63. The first-order valence-corrected chi connectivity index (χ1v) is 9.72. The Labute approximate surface area is 152 Å². The van der Waals surface area contributed by atoms with E-state index >= 15 is 0 Å². The molecule has 4 unspecified atom stereocenters. The number of hydrogen-bond acceptors (Lipinski definition) is 2. The second-order valence-corrected chi connectivity index (χ2v) is 7.41. The van der Waals surface area contributed by atoms with Crippen LogP contribution in [0.3, 0.4) is 0 Å². The van der Waals surface area contributed by atoms with Gasteiger partial charge in [-0.25, -0.2) is 0 Å². The van der Waals surface area contributed by atoms with E-state index in [1.54, 1.807) is 0 Å². The third kappa shape index (κ3) is 4.13. The minimum absolute atomic E-state index is 0.247. The molecule has 2 aromatic rings. The average molecular weight is 338 g/mol. The predicted molar refractivity (Wildman–Crippen MR) is 104 cm³/mol. The van der Waals surface area contributed by atoms with Gasteiger partial charge in [-0.15, -0.1) is 0 Å². The summed E-state index contributed by atoms with van der Waals surface area (Å²) < 4.78 is 0. The normalized spacial score (nSPS) is 27.3. The zero-order chi connectivity index (χ0) is 17.6. The molecule has 0 saturated carbocycles. The molecule has 0 bridgehead atoms. The number of rotatable bonds is 6. The lowest BCUT2D eigenvalue weighted by Gasteiger charge is -2.47. The van der Waals surface area contributed by atoms with E-state index in [1.165, 1.54) is 30.4 Å². The van der Waals surface area contributed by atoms with Gasteiger partial charge in [-0.05, 0) is 31.0 Å². The summed E-state index contributed by atoms with van der Waals surface area (Å²) >= 11 is 0. The standard InChI is InChI=1S/C23H31NO/c1-3-4-7-16-20-22(25)17-21(18-12-8-5-9-13-18)24(2)23(20)19-14-10-6-11-15-19/h5-6,8-15,20-23,25H,3-4,7,16-17H2,1-2H3. The minimum Gasteiger partial charge on any atom is -0.393 e. The summed E-state index contributed by atoms with van der Waals surface area (Å²) in [7, 11) is 2.23. The maximum absolute atomic E-state index is 11.0. The average Bonchev–Trinajstić information content (AvgIpc) is 2.66. The molecule has 1 aliphatic heterocycles. The highest BCUT2D eigenvalue weighted by atomic mass is 16.3. The molecule has 0 radical (unpaired) electrons. The first-order chi connectivity index (χ1) is 12.2. The first-order valence-electron chi connectivity index (χ1n) is 9.72. The Hall–Kier alpha value is -1.64. The van der Waals surface area contributed by atoms with Crippen molar-refractivity contribution >= 4 is 0 Å². The fourth-order valence-electron chi connectivity index (χ4n) is 4.44. The molecule has 1 fully saturated rings. The van der Waals surface area contributed by atoms with Gasteiger partial charge in [0.25, 0.3) is 0 Å². The maximum atomic E-state index is 11.0. The van der Waals surface area contributed by atoms with Crippen LogP contribution in [0.25, 0.3) is 0 Å². The quantitative estimate of drug-likeness (QED) is 0.717. The second-order valence-electron chi connectivity index (χ2n) is 7.41. The lowest BCUT2D eigenvalue weighted by atomic mass is 9.76. The van der Waals surface area contributed by atoms with E-state index in [4.69, 9.17) is 0 Å². The zero-order valence-corrected chi connectivity index (χ0v) is 15.5. The van der Waals surface area contributed by atoms with Gasteiger partial charge in [-0.1, -0.05) is 86.8 Å². The fourth-order valence-corrected chi connectivity index (χ4v) is 4.44. The van der Waals surface area contributed by atoms with Crippen LogP contribution in [0.15, 0.2) is 60.7 Å². The van der Waals surface area contributed by atoms with Crippen molar-refractivity contribution in [1.29, 1.82) is 0 Å². The summed E-state index contributed by atoms with van der Waals surface area (Å²) in [5, 5.41) is 11.0. The van der Waals surface area contributed by atoms with Crippen LogP contribution in [-0.2, 0) is 0 Å². The summed E-state index contributed by atoms with van der Waals surface area (Å²) in [6.45, 7) is 2.24. The molecular formula is C23H31NO. The molecule has 0 amide bonds. The molecule has 4 atom stereocenters. The smallest absolute Gasteiger partial charge is 0.0604 e. The number of benzene rings is 2. The van der Waals surface area contributed by atoms with Gasteiger partial charge in [-0.3, -0.25) is 4.90 Å². The number of nitrogens with zero attached hydrogens (tertiary/aromatic N) is 1. The summed E-state index contributed by atoms with van der Waals surface area (Å²) in [6, 6.07) is 21.9. The number of unbranched alkanes of at least 4 members (excludes halogenated alkanes) is 2. The zero-order valence-electron chi connectivity index (χ0n) is 15.5. The molecule has 1 saturated heterocycles. The molecule has 3 rings (SSSR count). The van der Waals surface area contributed by atoms with E-state index in [1.807, 2.05) is 0 Å². The summed E-state index contributed by atoms with van der Waals surface area (Å²) in [6.07, 6.45) is 5.34. The molecule has 134 valence electrons. The van der Waals surface area contributed by atoms with E-state index in [9.17, 15) is 5.11 Å². The minimum atomic E-state index is -0.247. The lowest BCUT2D eigenvalue weighted by molar-refractivity contribution is -0.0445. The van der Waals surface area contributed by atoms with Crippen LogP contribution in [0.4, 0.5) is 0 Å². The van der Waals surface area contributed by atoms with Crippen molar-refractivity contribution in [2.24, 2.45) is 5.92 Å². The molecule has 1 aliphatic rings. The Morgan fingerprint density at radius 3 is 2.12 bits per heavy atom. The summed E-state index contributed by atoms with van der Waals surface area (Å²) in [4.78, 5) is 2.49. The van der Waals surface area contributed by atoms with Crippen LogP contribution < -0.4 is 0 Å². The van der Waals surface area contributed by atoms with Gasteiger partial charge in [-0.2, -0.15) is 0 Å². The van der Waals surface area contributed by atoms with Crippen LogP contribution in [0, 0.1) is 5.92 Å². The van der Waals surface area contributed by atoms with Crippen molar-refractivity contribution in [3.8, 4) is 0 Å². The molecule has 2 nitrogen and oxygen atoms in total. The number of hydrogen-bond donors (Lipinski definition) is 1. The van der Waals surface area contributed by atoms with Gasteiger partial charge >= 0.3 is 0 Å². The van der Waals surface area contributed by atoms with Crippen LogP contribution >= 0.6 is 0 Å². The van der Waals surface area contributed by atoms with Crippen molar-refractivity contribution in [3.63, 3.8) is 0 Å². The van der Waals surface area contributed by atoms with Gasteiger partial charge in [0.2, 0.25) is 0 Å². The van der Waals surface area contributed by atoms with Crippen molar-refractivity contribution in [3.05, 3.63) is 71.8 Å². The third-order valence-electron chi connectivity index (χ3n) is 5.76. The fraction of sp³-hybridized carbons (Fsp3) is 0.478. The Kier molecular flexibility index (Phi) is 6.28. The molecule has 0 aromatic heterocycles. The van der Waals surface area contributed by atoms with E-state index in [0.717, 1.165) is 12.8 Å². The molecular weight excluding hydrogens is 306 g/mol. The Balaban J connectivity index is 1.90. The van der Waals surface area contributed by atoms with Gasteiger partial charge < -0.3 is 5.11 Å². The topological polar surface area (TPSA) is 23.5 Å². The monoisotopic (exact) mass is 337 g/mol. The third-order valence-corrected chi connectivity index (χ3v) is 5.76. The highest BCUT2D eigenvalue weighted by Gasteiger charge is 2.41. The number of piperidine rings is 1. The first kappa shape index (κ1) is 18.2. The second kappa shape index (κ2) is 8.64. The molecule has 0 aliphatic carbocycles. The van der Waals surface area contributed by atoms with Gasteiger partial charge in [0.1, 0.15) is 0 Å². The van der Waals surface area contributed by atoms with E-state index in [0.29, 0.717) is 5.92 Å². The highest BCUT2D eigenvalue weighted by molar-refractivity contribution is 5.25. The van der Waals surface area contributed by atoms with Crippen LogP contribution in [0.2, 0.25) is 0 Å². The van der Waals surface area contributed by atoms with Gasteiger partial charge in [0.05, 0.1) is 6.10 Å². The molecule has 1 N–H and O–H groups in total. The van der Waals surface area contributed by atoms with E-state index in [-0.39, 0.29) is 18.2 Å². The molecule has 0 spiro atoms. The largest absolute Gasteiger partial charge is 0.393 e. The number of aliphatic hydroxyl groups excluding tert-OH is 1. The molecule has 25 heavy (non-hydrogen) atoms. The SMILES string of the molecule is CCCCCC1C(O)CC(c2ccccc2)N(C)C1c1ccccc1. The highest BCUT2D eigenvalue weighted by Crippen LogP contribution is 2.45. The Morgan fingerprint density at radius 2 is 1.52 bits per heavy atom. The van der Waals surface area contributed by atoms with E-state index < -0.39 is 0 Å². The molecule has 2 aromatic carbocycles. The predicted octanol–water partition coefficient (Wildman–Crippen LogP) is 5.36. The summed E-state index contributed by atoms with van der Waals surface area (Å²) in [5.74, 6) is 0.305.